The van der Waals surface area contributed by atoms with E-state index in [0.29, 0.717) is 21.4 Å². The fourth-order valence-electron chi connectivity index (χ4n) is 4.18. The van der Waals surface area contributed by atoms with Crippen LogP contribution in [0.4, 0.5) is 5.69 Å². The van der Waals surface area contributed by atoms with Crippen molar-refractivity contribution in [1.82, 2.24) is 4.57 Å². The Morgan fingerprint density at radius 1 is 1.00 bits per heavy atom. The van der Waals surface area contributed by atoms with Crippen LogP contribution in [0.25, 0.3) is 11.8 Å². The topological polar surface area (TPSA) is 51.5 Å². The van der Waals surface area contributed by atoms with Crippen LogP contribution in [0.3, 0.4) is 0 Å². The number of amides is 1. The fourth-order valence-corrected chi connectivity index (χ4v) is 4.53. The zero-order chi connectivity index (χ0) is 23.9. The molecule has 0 radical (unpaired) electrons. The Labute approximate surface area is 202 Å². The van der Waals surface area contributed by atoms with Gasteiger partial charge < -0.3 is 9.30 Å². The summed E-state index contributed by atoms with van der Waals surface area (Å²) >= 11 is 12.4. The van der Waals surface area contributed by atoms with Gasteiger partial charge in [-0.2, -0.15) is 0 Å². The standard InChI is InChI=1S/C26H22Cl2N2O3/c1-15-13-18(16(2)29(15)20-11-9-19(27)10-12-20)14-21-24(26(32)33-4)17(3)30(25(21)31)23-8-6-5-7-22(23)28/h5-14H,1-4H3/b21-14-. The van der Waals surface area contributed by atoms with Crippen molar-refractivity contribution in [1.29, 1.82) is 0 Å². The molecule has 0 aliphatic carbocycles. The number of rotatable bonds is 4. The Bertz CT molecular complexity index is 1330. The van der Waals surface area contributed by atoms with Crippen molar-refractivity contribution in [3.63, 3.8) is 0 Å². The van der Waals surface area contributed by atoms with Gasteiger partial charge in [-0.1, -0.05) is 35.3 Å². The third-order valence-corrected chi connectivity index (χ3v) is 6.31. The molecule has 0 unspecified atom stereocenters. The van der Waals surface area contributed by atoms with Crippen LogP contribution in [0.5, 0.6) is 0 Å². The molecule has 0 N–H and O–H groups in total. The van der Waals surface area contributed by atoms with Crippen LogP contribution in [0.2, 0.25) is 10.0 Å². The lowest BCUT2D eigenvalue weighted by Crippen LogP contribution is -2.24. The quantitative estimate of drug-likeness (QED) is 0.326. The van der Waals surface area contributed by atoms with Gasteiger partial charge in [-0.3, -0.25) is 9.69 Å². The van der Waals surface area contributed by atoms with Crippen LogP contribution in [-0.2, 0) is 14.3 Å². The predicted octanol–water partition coefficient (Wildman–Crippen LogP) is 6.28. The van der Waals surface area contributed by atoms with E-state index in [-0.39, 0.29) is 17.1 Å². The second-order valence-corrected chi connectivity index (χ2v) is 8.58. The molecule has 1 aliphatic heterocycles. The van der Waals surface area contributed by atoms with E-state index in [4.69, 9.17) is 27.9 Å². The highest BCUT2D eigenvalue weighted by Crippen LogP contribution is 2.39. The Morgan fingerprint density at radius 2 is 1.67 bits per heavy atom. The molecule has 0 fully saturated rings. The zero-order valence-electron chi connectivity index (χ0n) is 18.6. The molecule has 1 aromatic heterocycles. The lowest BCUT2D eigenvalue weighted by molar-refractivity contribution is -0.136. The van der Waals surface area contributed by atoms with Gasteiger partial charge in [0, 0.05) is 27.8 Å². The van der Waals surface area contributed by atoms with Crippen LogP contribution >= 0.6 is 23.2 Å². The lowest BCUT2D eigenvalue weighted by atomic mass is 10.0. The van der Waals surface area contributed by atoms with Gasteiger partial charge in [-0.15, -0.1) is 0 Å². The number of carbonyl (C=O) groups excluding carboxylic acids is 2. The van der Waals surface area contributed by atoms with Crippen molar-refractivity contribution in [2.75, 3.05) is 12.0 Å². The minimum absolute atomic E-state index is 0.221. The molecular formula is C26H22Cl2N2O3. The summed E-state index contributed by atoms with van der Waals surface area (Å²) in [7, 11) is 1.30. The van der Waals surface area contributed by atoms with Crippen LogP contribution < -0.4 is 4.90 Å². The second kappa shape index (κ2) is 8.93. The first-order valence-electron chi connectivity index (χ1n) is 10.3. The number of ether oxygens (including phenoxy) is 1. The SMILES string of the molecule is COC(=O)C1=C(C)N(c2ccccc2Cl)C(=O)/C1=C\c1cc(C)n(-c2ccc(Cl)cc2)c1C. The molecule has 1 amide bonds. The van der Waals surface area contributed by atoms with Crippen molar-refractivity contribution in [2.45, 2.75) is 20.8 Å². The number of esters is 1. The fraction of sp³-hybridized carbons (Fsp3) is 0.154. The maximum atomic E-state index is 13.5. The summed E-state index contributed by atoms with van der Waals surface area (Å²) in [6.07, 6.45) is 1.74. The molecule has 0 spiro atoms. The number of hydrogen-bond donors (Lipinski definition) is 0. The number of nitrogens with zero attached hydrogens (tertiary/aromatic N) is 2. The number of aromatic nitrogens is 1. The minimum Gasteiger partial charge on any atom is -0.465 e. The van der Waals surface area contributed by atoms with Gasteiger partial charge >= 0.3 is 5.97 Å². The molecule has 0 bridgehead atoms. The number of hydrogen-bond acceptors (Lipinski definition) is 3. The van der Waals surface area contributed by atoms with E-state index in [1.54, 1.807) is 37.3 Å². The highest BCUT2D eigenvalue weighted by Gasteiger charge is 2.38. The zero-order valence-corrected chi connectivity index (χ0v) is 20.2. The Balaban J connectivity index is 1.86. The maximum absolute atomic E-state index is 13.5. The van der Waals surface area contributed by atoms with E-state index in [2.05, 4.69) is 4.57 Å². The molecular weight excluding hydrogens is 459 g/mol. The lowest BCUT2D eigenvalue weighted by Gasteiger charge is -2.19. The third kappa shape index (κ3) is 3.99. The monoisotopic (exact) mass is 480 g/mol. The molecule has 2 aromatic carbocycles. The highest BCUT2D eigenvalue weighted by molar-refractivity contribution is 6.35. The van der Waals surface area contributed by atoms with Gasteiger partial charge in [0.05, 0.1) is 29.0 Å². The Hall–Kier alpha value is -3.28. The molecule has 5 nitrogen and oxygen atoms in total. The summed E-state index contributed by atoms with van der Waals surface area (Å²) < 4.78 is 7.08. The van der Waals surface area contributed by atoms with E-state index >= 15 is 0 Å². The van der Waals surface area contributed by atoms with Crippen molar-refractivity contribution < 1.29 is 14.3 Å². The largest absolute Gasteiger partial charge is 0.465 e. The van der Waals surface area contributed by atoms with E-state index in [9.17, 15) is 9.59 Å². The van der Waals surface area contributed by atoms with Crippen LogP contribution in [-0.4, -0.2) is 23.6 Å². The number of methoxy groups -OCH3 is 1. The molecule has 4 rings (SSSR count). The summed E-state index contributed by atoms with van der Waals surface area (Å²) in [6.45, 7) is 5.66. The van der Waals surface area contributed by atoms with Crippen molar-refractivity contribution >= 4 is 46.8 Å². The van der Waals surface area contributed by atoms with Gasteiger partial charge in [-0.05, 0) is 74.9 Å². The third-order valence-electron chi connectivity index (χ3n) is 5.74. The molecule has 2 heterocycles. The molecule has 0 saturated heterocycles. The number of carbonyl (C=O) groups is 2. The smallest absolute Gasteiger partial charge is 0.340 e. The average Bonchev–Trinajstić information content (AvgIpc) is 3.20. The molecule has 0 saturated carbocycles. The molecule has 33 heavy (non-hydrogen) atoms. The van der Waals surface area contributed by atoms with Crippen molar-refractivity contribution in [2.24, 2.45) is 0 Å². The summed E-state index contributed by atoms with van der Waals surface area (Å²) in [5, 5.41) is 1.07. The summed E-state index contributed by atoms with van der Waals surface area (Å²) in [4.78, 5) is 27.7. The van der Waals surface area contributed by atoms with Crippen molar-refractivity contribution in [3.05, 3.63) is 98.4 Å². The first-order chi connectivity index (χ1) is 15.7. The number of anilines is 1. The average molecular weight is 481 g/mol. The molecule has 0 atom stereocenters. The summed E-state index contributed by atoms with van der Waals surface area (Å²) in [5.74, 6) is -0.912. The van der Waals surface area contributed by atoms with Gasteiger partial charge in [0.25, 0.3) is 5.91 Å². The van der Waals surface area contributed by atoms with Crippen molar-refractivity contribution in [3.8, 4) is 5.69 Å². The van der Waals surface area contributed by atoms with Gasteiger partial charge in [0.15, 0.2) is 0 Å². The predicted molar refractivity (Wildman–Crippen MR) is 132 cm³/mol. The number of allylic oxidation sites excluding steroid dienone is 1. The molecule has 7 heteroatoms. The molecule has 1 aliphatic rings. The number of aryl methyl sites for hydroxylation is 1. The Kier molecular flexibility index (Phi) is 6.19. The van der Waals surface area contributed by atoms with E-state index in [1.807, 2.05) is 44.2 Å². The first-order valence-corrected chi connectivity index (χ1v) is 11.0. The van der Waals surface area contributed by atoms with E-state index in [1.165, 1.54) is 12.0 Å². The Morgan fingerprint density at radius 3 is 2.30 bits per heavy atom. The van der Waals surface area contributed by atoms with E-state index in [0.717, 1.165) is 22.6 Å². The van der Waals surface area contributed by atoms with E-state index < -0.39 is 5.97 Å². The normalized spacial score (nSPS) is 15.0. The van der Waals surface area contributed by atoms with Gasteiger partial charge in [0.2, 0.25) is 0 Å². The first kappa shape index (κ1) is 22.9. The highest BCUT2D eigenvalue weighted by atomic mass is 35.5. The number of benzene rings is 2. The second-order valence-electron chi connectivity index (χ2n) is 7.74. The number of para-hydroxylation sites is 1. The van der Waals surface area contributed by atoms with Crippen LogP contribution in [0, 0.1) is 13.8 Å². The maximum Gasteiger partial charge on any atom is 0.340 e. The molecule has 3 aromatic rings. The summed E-state index contributed by atoms with van der Waals surface area (Å²) in [6, 6.07) is 16.5. The number of halogens is 2. The van der Waals surface area contributed by atoms with Gasteiger partial charge in [0.1, 0.15) is 0 Å². The summed E-state index contributed by atoms with van der Waals surface area (Å²) in [5.41, 5.74) is 5.14. The minimum atomic E-state index is -0.576. The van der Waals surface area contributed by atoms with Crippen LogP contribution in [0.1, 0.15) is 23.9 Å². The van der Waals surface area contributed by atoms with Gasteiger partial charge in [-0.25, -0.2) is 4.79 Å². The molecule has 168 valence electrons. The van der Waals surface area contributed by atoms with Crippen LogP contribution in [0.15, 0.2) is 71.4 Å².